The standard InChI is InChI=1S/C21H21NO6S/c1-14-8-9-15(11-18(14)22(25)26)19(23)12-28-21(24)17-6-2-3-7-20(17)29-13-16-5-4-10-27-16/h2-3,6-9,11,16H,4-5,10,12-13H2,1H3/t16-/m0/s1. The fraction of sp³-hybridized carbons (Fsp3) is 0.333. The van der Waals surface area contributed by atoms with E-state index in [2.05, 4.69) is 0 Å². The predicted molar refractivity (Wildman–Crippen MR) is 109 cm³/mol. The second-order valence-corrected chi connectivity index (χ2v) is 7.76. The van der Waals surface area contributed by atoms with Gasteiger partial charge >= 0.3 is 5.97 Å². The minimum atomic E-state index is -0.601. The van der Waals surface area contributed by atoms with Gasteiger partial charge in [-0.25, -0.2) is 4.79 Å². The number of ether oxygens (including phenoxy) is 2. The van der Waals surface area contributed by atoms with Gasteiger partial charge in [0.15, 0.2) is 6.61 Å². The van der Waals surface area contributed by atoms with E-state index in [1.807, 2.05) is 12.1 Å². The lowest BCUT2D eigenvalue weighted by Crippen LogP contribution is -2.15. The van der Waals surface area contributed by atoms with E-state index < -0.39 is 23.3 Å². The third-order valence-corrected chi connectivity index (χ3v) is 5.82. The van der Waals surface area contributed by atoms with E-state index in [1.54, 1.807) is 19.1 Å². The van der Waals surface area contributed by atoms with Crippen molar-refractivity contribution in [2.45, 2.75) is 30.8 Å². The van der Waals surface area contributed by atoms with Gasteiger partial charge in [-0.15, -0.1) is 11.8 Å². The summed E-state index contributed by atoms with van der Waals surface area (Å²) in [6, 6.07) is 11.3. The third kappa shape index (κ3) is 5.42. The SMILES string of the molecule is Cc1ccc(C(=O)COC(=O)c2ccccc2SC[C@@H]2CCCO2)cc1[N+](=O)[O-]. The second kappa shape index (κ2) is 9.67. The minimum Gasteiger partial charge on any atom is -0.454 e. The first-order chi connectivity index (χ1) is 14.0. The molecule has 0 aromatic heterocycles. The summed E-state index contributed by atoms with van der Waals surface area (Å²) < 4.78 is 10.8. The number of hydrogen-bond donors (Lipinski definition) is 0. The summed E-state index contributed by atoms with van der Waals surface area (Å²) in [6.07, 6.45) is 2.24. The van der Waals surface area contributed by atoms with Crippen LogP contribution in [0.3, 0.4) is 0 Å². The summed E-state index contributed by atoms with van der Waals surface area (Å²) in [5, 5.41) is 11.0. The van der Waals surface area contributed by atoms with Crippen molar-refractivity contribution in [1.82, 2.24) is 0 Å². The molecule has 0 bridgehead atoms. The highest BCUT2D eigenvalue weighted by atomic mass is 32.2. The number of rotatable bonds is 8. The van der Waals surface area contributed by atoms with Crippen LogP contribution < -0.4 is 0 Å². The Labute approximate surface area is 172 Å². The molecule has 1 atom stereocenters. The fourth-order valence-electron chi connectivity index (χ4n) is 2.99. The van der Waals surface area contributed by atoms with Crippen LogP contribution >= 0.6 is 11.8 Å². The zero-order valence-corrected chi connectivity index (χ0v) is 16.8. The lowest BCUT2D eigenvalue weighted by molar-refractivity contribution is -0.385. The van der Waals surface area contributed by atoms with Gasteiger partial charge in [-0.2, -0.15) is 0 Å². The van der Waals surface area contributed by atoms with E-state index in [4.69, 9.17) is 9.47 Å². The van der Waals surface area contributed by atoms with Crippen molar-refractivity contribution < 1.29 is 24.0 Å². The van der Waals surface area contributed by atoms with E-state index >= 15 is 0 Å². The van der Waals surface area contributed by atoms with Crippen molar-refractivity contribution in [2.75, 3.05) is 19.0 Å². The van der Waals surface area contributed by atoms with Gasteiger partial charge in [-0.1, -0.05) is 24.3 Å². The van der Waals surface area contributed by atoms with Gasteiger partial charge in [0.05, 0.1) is 16.6 Å². The molecule has 1 saturated heterocycles. The minimum absolute atomic E-state index is 0.135. The fourth-order valence-corrected chi connectivity index (χ4v) is 4.10. The van der Waals surface area contributed by atoms with Crippen LogP contribution in [0.4, 0.5) is 5.69 Å². The molecule has 0 unspecified atom stereocenters. The maximum Gasteiger partial charge on any atom is 0.339 e. The van der Waals surface area contributed by atoms with Crippen LogP contribution in [0.25, 0.3) is 0 Å². The van der Waals surface area contributed by atoms with Crippen LogP contribution in [0.1, 0.15) is 39.1 Å². The first kappa shape index (κ1) is 21.0. The first-order valence-corrected chi connectivity index (χ1v) is 10.2. The normalized spacial score (nSPS) is 15.8. The Morgan fingerprint density at radius 2 is 2.07 bits per heavy atom. The molecule has 0 saturated carbocycles. The summed E-state index contributed by atoms with van der Waals surface area (Å²) in [5.41, 5.74) is 0.841. The highest BCUT2D eigenvalue weighted by molar-refractivity contribution is 7.99. The molecule has 0 aliphatic carbocycles. The van der Waals surface area contributed by atoms with Gasteiger partial charge in [0.25, 0.3) is 5.69 Å². The number of esters is 1. The quantitative estimate of drug-likeness (QED) is 0.209. The van der Waals surface area contributed by atoms with Crippen LogP contribution in [-0.2, 0) is 9.47 Å². The lowest BCUT2D eigenvalue weighted by atomic mass is 10.1. The van der Waals surface area contributed by atoms with E-state index in [9.17, 15) is 19.7 Å². The van der Waals surface area contributed by atoms with Crippen molar-refractivity contribution in [3.8, 4) is 0 Å². The molecular weight excluding hydrogens is 394 g/mol. The third-order valence-electron chi connectivity index (χ3n) is 4.62. The topological polar surface area (TPSA) is 95.7 Å². The predicted octanol–water partition coefficient (Wildman–Crippen LogP) is 4.21. The molecule has 1 fully saturated rings. The molecule has 29 heavy (non-hydrogen) atoms. The number of hydrogen-bond acceptors (Lipinski definition) is 7. The summed E-state index contributed by atoms with van der Waals surface area (Å²) in [6.45, 7) is 1.88. The molecule has 8 heteroatoms. The average Bonchev–Trinajstić information content (AvgIpc) is 3.24. The zero-order chi connectivity index (χ0) is 20.8. The summed E-state index contributed by atoms with van der Waals surface area (Å²) >= 11 is 1.52. The number of nitro benzene ring substituents is 1. The average molecular weight is 415 g/mol. The zero-order valence-electron chi connectivity index (χ0n) is 16.0. The number of carbonyl (C=O) groups is 2. The monoisotopic (exact) mass is 415 g/mol. The molecule has 1 aliphatic rings. The number of nitrogens with zero attached hydrogens (tertiary/aromatic N) is 1. The van der Waals surface area contributed by atoms with Gasteiger partial charge in [-0.05, 0) is 31.9 Å². The molecule has 0 spiro atoms. The Bertz CT molecular complexity index is 923. The second-order valence-electron chi connectivity index (χ2n) is 6.70. The summed E-state index contributed by atoms with van der Waals surface area (Å²) in [5.74, 6) is -0.350. The van der Waals surface area contributed by atoms with Crippen LogP contribution in [0.5, 0.6) is 0 Å². The van der Waals surface area contributed by atoms with Crippen molar-refractivity contribution >= 4 is 29.2 Å². The lowest BCUT2D eigenvalue weighted by Gasteiger charge is -2.12. The number of benzene rings is 2. The van der Waals surface area contributed by atoms with Gasteiger partial charge in [-0.3, -0.25) is 14.9 Å². The van der Waals surface area contributed by atoms with Crippen LogP contribution in [-0.4, -0.2) is 41.7 Å². The number of nitro groups is 1. The number of thioether (sulfide) groups is 1. The molecular formula is C21H21NO6S. The molecule has 3 rings (SSSR count). The Morgan fingerprint density at radius 1 is 1.28 bits per heavy atom. The van der Waals surface area contributed by atoms with Gasteiger partial charge in [0.1, 0.15) is 0 Å². The highest BCUT2D eigenvalue weighted by Crippen LogP contribution is 2.27. The smallest absolute Gasteiger partial charge is 0.339 e. The molecule has 0 N–H and O–H groups in total. The van der Waals surface area contributed by atoms with Crippen LogP contribution in [0.2, 0.25) is 0 Å². The Morgan fingerprint density at radius 3 is 2.79 bits per heavy atom. The molecule has 7 nitrogen and oxygen atoms in total. The number of Topliss-reactive ketones (excluding diaryl/α,β-unsaturated/α-hetero) is 1. The summed E-state index contributed by atoms with van der Waals surface area (Å²) in [4.78, 5) is 36.1. The van der Waals surface area contributed by atoms with Crippen molar-refractivity contribution in [3.63, 3.8) is 0 Å². The van der Waals surface area contributed by atoms with Gasteiger partial charge < -0.3 is 9.47 Å². The van der Waals surface area contributed by atoms with E-state index in [0.29, 0.717) is 11.1 Å². The van der Waals surface area contributed by atoms with Crippen molar-refractivity contribution in [1.29, 1.82) is 0 Å². The number of carbonyl (C=O) groups excluding carboxylic acids is 2. The molecule has 152 valence electrons. The Hall–Kier alpha value is -2.71. The maximum absolute atomic E-state index is 12.5. The highest BCUT2D eigenvalue weighted by Gasteiger charge is 2.20. The molecule has 2 aromatic carbocycles. The number of aryl methyl sites for hydroxylation is 1. The molecule has 0 amide bonds. The van der Waals surface area contributed by atoms with Crippen molar-refractivity contribution in [3.05, 3.63) is 69.3 Å². The van der Waals surface area contributed by atoms with E-state index in [-0.39, 0.29) is 17.4 Å². The number of ketones is 1. The first-order valence-electron chi connectivity index (χ1n) is 9.24. The van der Waals surface area contributed by atoms with E-state index in [0.717, 1.165) is 30.1 Å². The van der Waals surface area contributed by atoms with Crippen molar-refractivity contribution in [2.24, 2.45) is 0 Å². The van der Waals surface area contributed by atoms with Gasteiger partial charge in [0, 0.05) is 34.4 Å². The van der Waals surface area contributed by atoms with Gasteiger partial charge in [0.2, 0.25) is 5.78 Å². The Balaban J connectivity index is 1.62. The molecule has 2 aromatic rings. The maximum atomic E-state index is 12.5. The van der Waals surface area contributed by atoms with Crippen LogP contribution in [0.15, 0.2) is 47.4 Å². The Kier molecular flexibility index (Phi) is 7.00. The molecule has 0 radical (unpaired) electrons. The molecule has 1 aliphatic heterocycles. The summed E-state index contributed by atoms with van der Waals surface area (Å²) in [7, 11) is 0. The largest absolute Gasteiger partial charge is 0.454 e. The van der Waals surface area contributed by atoms with E-state index in [1.165, 1.54) is 30.0 Å². The molecule has 1 heterocycles. The van der Waals surface area contributed by atoms with Crippen LogP contribution in [0, 0.1) is 17.0 Å².